The van der Waals surface area contributed by atoms with Crippen molar-refractivity contribution in [2.24, 2.45) is 5.92 Å². The summed E-state index contributed by atoms with van der Waals surface area (Å²) >= 11 is 0. The Morgan fingerprint density at radius 1 is 1.15 bits per heavy atom. The van der Waals surface area contributed by atoms with E-state index in [1.807, 2.05) is 36.4 Å². The highest BCUT2D eigenvalue weighted by Crippen LogP contribution is 2.26. The summed E-state index contributed by atoms with van der Waals surface area (Å²) in [5, 5.41) is 3.04. The fourth-order valence-corrected chi connectivity index (χ4v) is 3.59. The average molecular weight is 367 g/mol. The van der Waals surface area contributed by atoms with Crippen molar-refractivity contribution >= 4 is 5.91 Å². The van der Waals surface area contributed by atoms with E-state index in [-0.39, 0.29) is 17.9 Å². The Hall–Kier alpha value is -2.53. The topological polar surface area (TPSA) is 56.8 Å². The highest BCUT2D eigenvalue weighted by Gasteiger charge is 2.22. The van der Waals surface area contributed by atoms with Crippen LogP contribution in [0.2, 0.25) is 0 Å². The number of rotatable bonds is 6. The lowest BCUT2D eigenvalue weighted by Crippen LogP contribution is -2.35. The molecule has 1 N–H and O–H groups in total. The van der Waals surface area contributed by atoms with Crippen LogP contribution in [0, 0.1) is 5.92 Å². The van der Waals surface area contributed by atoms with Gasteiger partial charge in [0.1, 0.15) is 18.1 Å². The van der Waals surface area contributed by atoms with E-state index in [4.69, 9.17) is 14.2 Å². The van der Waals surface area contributed by atoms with Crippen molar-refractivity contribution in [3.8, 4) is 11.5 Å². The summed E-state index contributed by atoms with van der Waals surface area (Å²) in [7, 11) is 0. The molecule has 0 spiro atoms. The Labute approximate surface area is 159 Å². The summed E-state index contributed by atoms with van der Waals surface area (Å²) in [6.07, 6.45) is 3.12. The zero-order chi connectivity index (χ0) is 18.5. The van der Waals surface area contributed by atoms with Crippen LogP contribution in [0.25, 0.3) is 0 Å². The third-order valence-electron chi connectivity index (χ3n) is 5.09. The maximum Gasteiger partial charge on any atom is 0.255 e. The molecule has 1 fully saturated rings. The normalized spacial score (nSPS) is 21.2. The first-order valence-electron chi connectivity index (χ1n) is 9.62. The molecule has 0 aliphatic carbocycles. The van der Waals surface area contributed by atoms with Gasteiger partial charge >= 0.3 is 0 Å². The van der Waals surface area contributed by atoms with Gasteiger partial charge in [-0.3, -0.25) is 4.79 Å². The molecule has 2 aliphatic heterocycles. The molecular formula is C22H25NO4. The molecule has 2 aromatic carbocycles. The first-order valence-corrected chi connectivity index (χ1v) is 9.62. The number of nitrogens with one attached hydrogen (secondary N) is 1. The van der Waals surface area contributed by atoms with Crippen LogP contribution in [0.4, 0.5) is 0 Å². The SMILES string of the molecule is O=C(NCC1COc2ccccc2C1)c1ccccc1OCC1CCCO1. The average Bonchev–Trinajstić information content (AvgIpc) is 3.24. The minimum absolute atomic E-state index is 0.114. The van der Waals surface area contributed by atoms with E-state index < -0.39 is 0 Å². The van der Waals surface area contributed by atoms with Gasteiger partial charge in [-0.15, -0.1) is 0 Å². The van der Waals surface area contributed by atoms with Crippen molar-refractivity contribution in [2.75, 3.05) is 26.4 Å². The second-order valence-electron chi connectivity index (χ2n) is 7.14. The van der Waals surface area contributed by atoms with E-state index in [1.54, 1.807) is 6.07 Å². The number of carbonyl (C=O) groups is 1. The number of hydrogen-bond acceptors (Lipinski definition) is 4. The molecule has 2 aliphatic rings. The minimum atomic E-state index is -0.114. The summed E-state index contributed by atoms with van der Waals surface area (Å²) in [6, 6.07) is 15.4. The van der Waals surface area contributed by atoms with Crippen LogP contribution < -0.4 is 14.8 Å². The number of para-hydroxylation sites is 2. The molecule has 2 unspecified atom stereocenters. The maximum absolute atomic E-state index is 12.7. The van der Waals surface area contributed by atoms with E-state index in [9.17, 15) is 4.79 Å². The smallest absolute Gasteiger partial charge is 0.255 e. The van der Waals surface area contributed by atoms with Crippen LogP contribution in [-0.4, -0.2) is 38.4 Å². The quantitative estimate of drug-likeness (QED) is 0.852. The van der Waals surface area contributed by atoms with Crippen molar-refractivity contribution in [3.63, 3.8) is 0 Å². The van der Waals surface area contributed by atoms with E-state index in [1.165, 1.54) is 5.56 Å². The Bertz CT molecular complexity index is 785. The van der Waals surface area contributed by atoms with Crippen molar-refractivity contribution in [1.29, 1.82) is 0 Å². The van der Waals surface area contributed by atoms with Crippen LogP contribution in [0.3, 0.4) is 0 Å². The Balaban J connectivity index is 1.33. The molecule has 2 atom stereocenters. The molecule has 0 aromatic heterocycles. The molecule has 1 amide bonds. The van der Waals surface area contributed by atoms with Crippen molar-refractivity contribution in [3.05, 3.63) is 59.7 Å². The summed E-state index contributed by atoms with van der Waals surface area (Å²) in [5.41, 5.74) is 1.76. The van der Waals surface area contributed by atoms with Gasteiger partial charge in [0, 0.05) is 19.1 Å². The first kappa shape index (κ1) is 17.9. The highest BCUT2D eigenvalue weighted by atomic mass is 16.5. The van der Waals surface area contributed by atoms with Crippen LogP contribution in [0.15, 0.2) is 48.5 Å². The van der Waals surface area contributed by atoms with Crippen LogP contribution in [0.1, 0.15) is 28.8 Å². The van der Waals surface area contributed by atoms with Crippen molar-refractivity contribution < 1.29 is 19.0 Å². The molecule has 5 heteroatoms. The van der Waals surface area contributed by atoms with Crippen LogP contribution in [0.5, 0.6) is 11.5 Å². The first-order chi connectivity index (χ1) is 13.3. The molecule has 4 rings (SSSR count). The molecule has 5 nitrogen and oxygen atoms in total. The van der Waals surface area contributed by atoms with Crippen LogP contribution in [-0.2, 0) is 11.2 Å². The number of fused-ring (bicyclic) bond motifs is 1. The van der Waals surface area contributed by atoms with E-state index in [2.05, 4.69) is 11.4 Å². The van der Waals surface area contributed by atoms with E-state index >= 15 is 0 Å². The second kappa shape index (κ2) is 8.44. The summed E-state index contributed by atoms with van der Waals surface area (Å²) < 4.78 is 17.3. The predicted octanol–water partition coefficient (Wildman–Crippen LogP) is 3.23. The lowest BCUT2D eigenvalue weighted by atomic mass is 9.96. The van der Waals surface area contributed by atoms with Gasteiger partial charge in [-0.1, -0.05) is 30.3 Å². The molecule has 0 saturated carbocycles. The van der Waals surface area contributed by atoms with Gasteiger partial charge < -0.3 is 19.5 Å². The molecule has 2 heterocycles. The number of amides is 1. The van der Waals surface area contributed by atoms with Gasteiger partial charge in [0.05, 0.1) is 18.3 Å². The van der Waals surface area contributed by atoms with Gasteiger partial charge in [0.15, 0.2) is 0 Å². The van der Waals surface area contributed by atoms with Gasteiger partial charge in [-0.25, -0.2) is 0 Å². The Morgan fingerprint density at radius 3 is 2.89 bits per heavy atom. The van der Waals surface area contributed by atoms with E-state index in [0.717, 1.165) is 31.6 Å². The zero-order valence-corrected chi connectivity index (χ0v) is 15.4. The number of ether oxygens (including phenoxy) is 3. The predicted molar refractivity (Wildman–Crippen MR) is 102 cm³/mol. The van der Waals surface area contributed by atoms with Gasteiger partial charge in [0.2, 0.25) is 0 Å². The lowest BCUT2D eigenvalue weighted by molar-refractivity contribution is 0.0670. The third-order valence-corrected chi connectivity index (χ3v) is 5.09. The third kappa shape index (κ3) is 4.42. The van der Waals surface area contributed by atoms with Gasteiger partial charge in [0.25, 0.3) is 5.91 Å². The molecule has 27 heavy (non-hydrogen) atoms. The summed E-state index contributed by atoms with van der Waals surface area (Å²) in [4.78, 5) is 12.7. The maximum atomic E-state index is 12.7. The standard InChI is InChI=1S/C22H25NO4/c24-22(23-13-16-12-17-6-1-3-9-20(17)26-14-16)19-8-2-4-10-21(19)27-15-18-7-5-11-25-18/h1-4,6,8-10,16,18H,5,7,11-15H2,(H,23,24). The zero-order valence-electron chi connectivity index (χ0n) is 15.4. The number of hydrogen-bond donors (Lipinski definition) is 1. The summed E-state index contributed by atoms with van der Waals surface area (Å²) in [6.45, 7) is 2.47. The van der Waals surface area contributed by atoms with Crippen molar-refractivity contribution in [2.45, 2.75) is 25.4 Å². The molecular weight excluding hydrogens is 342 g/mol. The lowest BCUT2D eigenvalue weighted by Gasteiger charge is -2.25. The number of carbonyl (C=O) groups excluding carboxylic acids is 1. The van der Waals surface area contributed by atoms with Gasteiger partial charge in [-0.2, -0.15) is 0 Å². The minimum Gasteiger partial charge on any atom is -0.493 e. The Morgan fingerprint density at radius 2 is 2.00 bits per heavy atom. The molecule has 0 bridgehead atoms. The fourth-order valence-electron chi connectivity index (χ4n) is 3.59. The van der Waals surface area contributed by atoms with E-state index in [0.29, 0.717) is 31.1 Å². The highest BCUT2D eigenvalue weighted by molar-refractivity contribution is 5.96. The van der Waals surface area contributed by atoms with Crippen molar-refractivity contribution in [1.82, 2.24) is 5.32 Å². The van der Waals surface area contributed by atoms with Gasteiger partial charge in [-0.05, 0) is 43.0 Å². The van der Waals surface area contributed by atoms with Crippen LogP contribution >= 0.6 is 0 Å². The fraction of sp³-hybridized carbons (Fsp3) is 0.409. The molecule has 2 aromatic rings. The number of benzene rings is 2. The molecule has 1 saturated heterocycles. The monoisotopic (exact) mass is 367 g/mol. The molecule has 0 radical (unpaired) electrons. The second-order valence-corrected chi connectivity index (χ2v) is 7.14. The largest absolute Gasteiger partial charge is 0.493 e. The Kier molecular flexibility index (Phi) is 5.58. The summed E-state index contributed by atoms with van der Waals surface area (Å²) in [5.74, 6) is 1.71. The molecule has 142 valence electrons.